The minimum Gasteiger partial charge on any atom is -0.493 e. The Hall–Kier alpha value is -2.32. The van der Waals surface area contributed by atoms with Gasteiger partial charge in [-0.25, -0.2) is 0 Å². The summed E-state index contributed by atoms with van der Waals surface area (Å²) in [6.45, 7) is 0.434. The maximum atomic E-state index is 12.2. The minimum atomic E-state index is -0.203. The standard InChI is InChI=1S/C23H19BrINO3/c1-28-21-14-17(7-12-22(27)26-19-10-8-18(25)9-11-19)13-20(24)23(21)29-15-16-5-3-2-4-6-16/h2-14H,15H2,1H3,(H,26,27). The van der Waals surface area contributed by atoms with E-state index in [2.05, 4.69) is 43.8 Å². The summed E-state index contributed by atoms with van der Waals surface area (Å²) in [6, 6.07) is 21.3. The molecule has 0 saturated carbocycles. The van der Waals surface area contributed by atoms with E-state index in [0.29, 0.717) is 18.1 Å². The number of halogens is 2. The lowest BCUT2D eigenvalue weighted by Gasteiger charge is -2.13. The van der Waals surface area contributed by atoms with E-state index in [1.165, 1.54) is 6.08 Å². The molecule has 0 fully saturated rings. The summed E-state index contributed by atoms with van der Waals surface area (Å²) in [4.78, 5) is 12.2. The van der Waals surface area contributed by atoms with Gasteiger partial charge in [0.15, 0.2) is 11.5 Å². The first-order chi connectivity index (χ1) is 14.0. The third-order valence-electron chi connectivity index (χ3n) is 4.02. The second-order valence-electron chi connectivity index (χ2n) is 6.14. The van der Waals surface area contributed by atoms with Crippen LogP contribution in [0.25, 0.3) is 6.08 Å². The fraction of sp³-hybridized carbons (Fsp3) is 0.0870. The van der Waals surface area contributed by atoms with Crippen molar-refractivity contribution in [2.75, 3.05) is 12.4 Å². The van der Waals surface area contributed by atoms with Crippen molar-refractivity contribution in [3.63, 3.8) is 0 Å². The van der Waals surface area contributed by atoms with E-state index >= 15 is 0 Å². The van der Waals surface area contributed by atoms with E-state index in [9.17, 15) is 4.79 Å². The predicted octanol–water partition coefficient (Wildman–Crippen LogP) is 6.29. The third kappa shape index (κ3) is 6.33. The number of nitrogens with one attached hydrogen (secondary N) is 1. The number of anilines is 1. The maximum absolute atomic E-state index is 12.2. The molecule has 0 spiro atoms. The van der Waals surface area contributed by atoms with Gasteiger partial charge in [0, 0.05) is 15.3 Å². The zero-order chi connectivity index (χ0) is 20.6. The summed E-state index contributed by atoms with van der Waals surface area (Å²) >= 11 is 5.76. The lowest BCUT2D eigenvalue weighted by atomic mass is 10.2. The molecule has 0 saturated heterocycles. The van der Waals surface area contributed by atoms with E-state index in [1.54, 1.807) is 13.2 Å². The first kappa shape index (κ1) is 21.4. The van der Waals surface area contributed by atoms with Crippen molar-refractivity contribution >= 4 is 56.2 Å². The molecule has 0 aliphatic rings. The number of carbonyl (C=O) groups is 1. The number of benzene rings is 3. The van der Waals surface area contributed by atoms with Gasteiger partial charge in [-0.15, -0.1) is 0 Å². The van der Waals surface area contributed by atoms with E-state index < -0.39 is 0 Å². The number of ether oxygens (including phenoxy) is 2. The highest BCUT2D eigenvalue weighted by Crippen LogP contribution is 2.37. The topological polar surface area (TPSA) is 47.6 Å². The van der Waals surface area contributed by atoms with Crippen LogP contribution >= 0.6 is 38.5 Å². The Bertz CT molecular complexity index is 1000. The third-order valence-corrected chi connectivity index (χ3v) is 5.32. The molecule has 148 valence electrons. The van der Waals surface area contributed by atoms with Crippen molar-refractivity contribution < 1.29 is 14.3 Å². The van der Waals surface area contributed by atoms with Crippen molar-refractivity contribution in [2.45, 2.75) is 6.61 Å². The molecule has 3 aromatic carbocycles. The molecule has 1 amide bonds. The Kier molecular flexibility index (Phi) is 7.71. The van der Waals surface area contributed by atoms with Gasteiger partial charge in [-0.2, -0.15) is 0 Å². The summed E-state index contributed by atoms with van der Waals surface area (Å²) in [5, 5.41) is 2.84. The Morgan fingerprint density at radius 3 is 2.52 bits per heavy atom. The molecule has 0 aliphatic heterocycles. The molecule has 0 heterocycles. The van der Waals surface area contributed by atoms with Crippen LogP contribution in [-0.2, 0) is 11.4 Å². The molecule has 0 atom stereocenters. The fourth-order valence-electron chi connectivity index (χ4n) is 2.59. The molecule has 29 heavy (non-hydrogen) atoms. The number of carbonyl (C=O) groups excluding carboxylic acids is 1. The van der Waals surface area contributed by atoms with Gasteiger partial charge in [-0.3, -0.25) is 4.79 Å². The van der Waals surface area contributed by atoms with Gasteiger partial charge < -0.3 is 14.8 Å². The number of hydrogen-bond donors (Lipinski definition) is 1. The summed E-state index contributed by atoms with van der Waals surface area (Å²) in [5.41, 5.74) is 2.64. The largest absolute Gasteiger partial charge is 0.493 e. The first-order valence-electron chi connectivity index (χ1n) is 8.84. The summed E-state index contributed by atoms with van der Waals surface area (Å²) in [6.07, 6.45) is 3.22. The van der Waals surface area contributed by atoms with Gasteiger partial charge in [0.2, 0.25) is 5.91 Å². The number of amides is 1. The molecule has 3 aromatic rings. The second-order valence-corrected chi connectivity index (χ2v) is 8.24. The zero-order valence-electron chi connectivity index (χ0n) is 15.7. The van der Waals surface area contributed by atoms with E-state index in [-0.39, 0.29) is 5.91 Å². The average Bonchev–Trinajstić information content (AvgIpc) is 2.73. The molecule has 1 N–H and O–H groups in total. The van der Waals surface area contributed by atoms with Crippen LogP contribution in [0.15, 0.2) is 77.3 Å². The van der Waals surface area contributed by atoms with Gasteiger partial charge in [-0.05, 0) is 92.1 Å². The average molecular weight is 564 g/mol. The molecule has 0 radical (unpaired) electrons. The van der Waals surface area contributed by atoms with Crippen molar-refractivity contribution in [1.82, 2.24) is 0 Å². The molecule has 0 aliphatic carbocycles. The highest BCUT2D eigenvalue weighted by Gasteiger charge is 2.11. The lowest BCUT2D eigenvalue weighted by Crippen LogP contribution is -2.07. The van der Waals surface area contributed by atoms with Crippen LogP contribution in [0.4, 0.5) is 5.69 Å². The molecule has 3 rings (SSSR count). The van der Waals surface area contributed by atoms with Crippen molar-refractivity contribution in [3.8, 4) is 11.5 Å². The summed E-state index contributed by atoms with van der Waals surface area (Å²) in [5.74, 6) is 1.01. The summed E-state index contributed by atoms with van der Waals surface area (Å²) < 4.78 is 13.3. The van der Waals surface area contributed by atoms with Gasteiger partial charge in [0.05, 0.1) is 11.6 Å². The molecule has 0 aromatic heterocycles. The van der Waals surface area contributed by atoms with Crippen molar-refractivity contribution in [2.24, 2.45) is 0 Å². The van der Waals surface area contributed by atoms with E-state index in [1.807, 2.05) is 66.7 Å². The molecule has 0 unspecified atom stereocenters. The Labute approximate surface area is 192 Å². The highest BCUT2D eigenvalue weighted by molar-refractivity contribution is 14.1. The second kappa shape index (κ2) is 10.5. The summed E-state index contributed by atoms with van der Waals surface area (Å²) in [7, 11) is 1.59. The monoisotopic (exact) mass is 563 g/mol. The van der Waals surface area contributed by atoms with Crippen LogP contribution < -0.4 is 14.8 Å². The normalized spacial score (nSPS) is 10.7. The van der Waals surface area contributed by atoms with Gasteiger partial charge in [0.25, 0.3) is 0 Å². The van der Waals surface area contributed by atoms with Crippen LogP contribution in [-0.4, -0.2) is 13.0 Å². The van der Waals surface area contributed by atoms with E-state index in [0.717, 1.165) is 24.9 Å². The van der Waals surface area contributed by atoms with Crippen molar-refractivity contribution in [3.05, 3.63) is 92.0 Å². The minimum absolute atomic E-state index is 0.203. The fourth-order valence-corrected chi connectivity index (χ4v) is 3.53. The van der Waals surface area contributed by atoms with Crippen LogP contribution in [0.3, 0.4) is 0 Å². The number of rotatable bonds is 7. The maximum Gasteiger partial charge on any atom is 0.248 e. The Morgan fingerprint density at radius 2 is 1.83 bits per heavy atom. The highest BCUT2D eigenvalue weighted by atomic mass is 127. The quantitative estimate of drug-likeness (QED) is 0.271. The predicted molar refractivity (Wildman–Crippen MR) is 128 cm³/mol. The number of methoxy groups -OCH3 is 1. The molecular weight excluding hydrogens is 545 g/mol. The SMILES string of the molecule is COc1cc(C=CC(=O)Nc2ccc(I)cc2)cc(Br)c1OCc1ccccc1. The van der Waals surface area contributed by atoms with Crippen LogP contribution in [0, 0.1) is 3.57 Å². The molecule has 6 heteroatoms. The van der Waals surface area contributed by atoms with Crippen LogP contribution in [0.5, 0.6) is 11.5 Å². The first-order valence-corrected chi connectivity index (χ1v) is 10.7. The Morgan fingerprint density at radius 1 is 1.10 bits per heavy atom. The Balaban J connectivity index is 1.69. The lowest BCUT2D eigenvalue weighted by molar-refractivity contribution is -0.111. The molecule has 4 nitrogen and oxygen atoms in total. The van der Waals surface area contributed by atoms with Gasteiger partial charge in [0.1, 0.15) is 6.61 Å². The number of hydrogen-bond acceptors (Lipinski definition) is 3. The van der Waals surface area contributed by atoms with Crippen LogP contribution in [0.1, 0.15) is 11.1 Å². The van der Waals surface area contributed by atoms with Crippen molar-refractivity contribution in [1.29, 1.82) is 0 Å². The van der Waals surface area contributed by atoms with Gasteiger partial charge in [-0.1, -0.05) is 30.3 Å². The zero-order valence-corrected chi connectivity index (χ0v) is 19.4. The smallest absolute Gasteiger partial charge is 0.248 e. The molecule has 0 bridgehead atoms. The molecular formula is C23H19BrINO3. The van der Waals surface area contributed by atoms with E-state index in [4.69, 9.17) is 9.47 Å². The van der Waals surface area contributed by atoms with Crippen LogP contribution in [0.2, 0.25) is 0 Å². The van der Waals surface area contributed by atoms with Gasteiger partial charge >= 0.3 is 0 Å².